The van der Waals surface area contributed by atoms with Gasteiger partial charge in [-0.2, -0.15) is 0 Å². The predicted molar refractivity (Wildman–Crippen MR) is 64.8 cm³/mol. The molecule has 0 aliphatic carbocycles. The predicted octanol–water partition coefficient (Wildman–Crippen LogP) is -0.969. The Morgan fingerprint density at radius 2 is 2.22 bits per heavy atom. The van der Waals surface area contributed by atoms with Crippen LogP contribution in [-0.4, -0.2) is 68.2 Å². The van der Waals surface area contributed by atoms with Crippen molar-refractivity contribution in [3.63, 3.8) is 0 Å². The number of carbonyl (C=O) groups excluding carboxylic acids is 1. The number of aliphatic hydroxyl groups excluding tert-OH is 1. The Kier molecular flexibility index (Phi) is 4.24. The molecule has 2 atom stereocenters. The van der Waals surface area contributed by atoms with Crippen molar-refractivity contribution in [3.8, 4) is 0 Å². The normalized spacial score (nSPS) is 32.5. The lowest BCUT2D eigenvalue weighted by molar-refractivity contribution is -0.151. The van der Waals surface area contributed by atoms with Gasteiger partial charge in [0.25, 0.3) is 0 Å². The molecule has 0 radical (unpaired) electrons. The van der Waals surface area contributed by atoms with E-state index in [1.807, 2.05) is 0 Å². The van der Waals surface area contributed by atoms with E-state index in [9.17, 15) is 13.2 Å². The third-order valence-corrected chi connectivity index (χ3v) is 5.35. The molecular formula is C11H19NO5S. The van der Waals surface area contributed by atoms with Gasteiger partial charge in [-0.15, -0.1) is 0 Å². The van der Waals surface area contributed by atoms with Crippen molar-refractivity contribution in [3.05, 3.63) is 0 Å². The SMILES string of the molecule is O=C1COC(CO)CN1CC1CCCS(=O)(=O)C1. The number of carbonyl (C=O) groups is 1. The van der Waals surface area contributed by atoms with Gasteiger partial charge < -0.3 is 14.7 Å². The Labute approximate surface area is 107 Å². The molecule has 2 fully saturated rings. The van der Waals surface area contributed by atoms with Crippen LogP contribution in [0.5, 0.6) is 0 Å². The lowest BCUT2D eigenvalue weighted by Gasteiger charge is -2.35. The van der Waals surface area contributed by atoms with Crippen LogP contribution in [0.3, 0.4) is 0 Å². The van der Waals surface area contributed by atoms with Gasteiger partial charge in [0.05, 0.1) is 24.2 Å². The highest BCUT2D eigenvalue weighted by atomic mass is 32.2. The number of morpholine rings is 1. The third kappa shape index (κ3) is 3.43. The van der Waals surface area contributed by atoms with Gasteiger partial charge >= 0.3 is 0 Å². The smallest absolute Gasteiger partial charge is 0.248 e. The third-order valence-electron chi connectivity index (χ3n) is 3.46. The van der Waals surface area contributed by atoms with Crippen LogP contribution in [0.4, 0.5) is 0 Å². The van der Waals surface area contributed by atoms with E-state index in [1.54, 1.807) is 4.90 Å². The molecule has 2 rings (SSSR count). The number of hydrogen-bond acceptors (Lipinski definition) is 5. The molecule has 2 heterocycles. The summed E-state index contributed by atoms with van der Waals surface area (Å²) < 4.78 is 28.2. The van der Waals surface area contributed by atoms with Gasteiger partial charge in [0, 0.05) is 13.1 Å². The average molecular weight is 277 g/mol. The molecule has 104 valence electrons. The average Bonchev–Trinajstić information content (AvgIpc) is 2.31. The first kappa shape index (κ1) is 13.8. The zero-order chi connectivity index (χ0) is 13.2. The molecule has 2 saturated heterocycles. The van der Waals surface area contributed by atoms with E-state index in [2.05, 4.69) is 0 Å². The van der Waals surface area contributed by atoms with E-state index in [-0.39, 0.29) is 42.6 Å². The van der Waals surface area contributed by atoms with Crippen molar-refractivity contribution in [1.82, 2.24) is 4.90 Å². The Morgan fingerprint density at radius 3 is 2.89 bits per heavy atom. The number of sulfone groups is 1. The number of ether oxygens (including phenoxy) is 1. The summed E-state index contributed by atoms with van der Waals surface area (Å²) in [5.41, 5.74) is 0. The fourth-order valence-corrected chi connectivity index (χ4v) is 4.30. The molecule has 2 aliphatic rings. The summed E-state index contributed by atoms with van der Waals surface area (Å²) in [5, 5.41) is 9.03. The van der Waals surface area contributed by atoms with Gasteiger partial charge in [-0.1, -0.05) is 0 Å². The maximum absolute atomic E-state index is 11.7. The first-order valence-electron chi connectivity index (χ1n) is 6.21. The van der Waals surface area contributed by atoms with Gasteiger partial charge in [0.1, 0.15) is 6.61 Å². The Hall–Kier alpha value is -0.660. The van der Waals surface area contributed by atoms with E-state index in [4.69, 9.17) is 9.84 Å². The summed E-state index contributed by atoms with van der Waals surface area (Å²) in [6.45, 7) is 0.668. The number of nitrogens with zero attached hydrogens (tertiary/aromatic N) is 1. The van der Waals surface area contributed by atoms with Crippen molar-refractivity contribution in [2.45, 2.75) is 18.9 Å². The number of aliphatic hydroxyl groups is 1. The van der Waals surface area contributed by atoms with Crippen LogP contribution in [0.1, 0.15) is 12.8 Å². The summed E-state index contributed by atoms with van der Waals surface area (Å²) in [6.07, 6.45) is 1.17. The van der Waals surface area contributed by atoms with Crippen molar-refractivity contribution >= 4 is 15.7 Å². The molecule has 1 amide bonds. The van der Waals surface area contributed by atoms with Gasteiger partial charge in [0.15, 0.2) is 9.84 Å². The van der Waals surface area contributed by atoms with Crippen LogP contribution in [0.25, 0.3) is 0 Å². The zero-order valence-electron chi connectivity index (χ0n) is 10.2. The van der Waals surface area contributed by atoms with Crippen molar-refractivity contribution < 1.29 is 23.1 Å². The highest BCUT2D eigenvalue weighted by Crippen LogP contribution is 2.20. The highest BCUT2D eigenvalue weighted by Gasteiger charge is 2.31. The van der Waals surface area contributed by atoms with Crippen LogP contribution in [0.2, 0.25) is 0 Å². The van der Waals surface area contributed by atoms with Crippen LogP contribution in [0.15, 0.2) is 0 Å². The molecular weight excluding hydrogens is 258 g/mol. The minimum atomic E-state index is -2.94. The molecule has 2 unspecified atom stereocenters. The zero-order valence-corrected chi connectivity index (χ0v) is 11.1. The van der Waals surface area contributed by atoms with Crippen LogP contribution in [0, 0.1) is 5.92 Å². The Bertz CT molecular complexity index is 408. The van der Waals surface area contributed by atoms with E-state index < -0.39 is 9.84 Å². The molecule has 0 aromatic carbocycles. The van der Waals surface area contributed by atoms with Gasteiger partial charge in [-0.3, -0.25) is 4.79 Å². The monoisotopic (exact) mass is 277 g/mol. The molecule has 0 bridgehead atoms. The van der Waals surface area contributed by atoms with Crippen molar-refractivity contribution in [2.24, 2.45) is 5.92 Å². The molecule has 2 aliphatic heterocycles. The minimum absolute atomic E-state index is 0.0187. The van der Waals surface area contributed by atoms with E-state index in [0.717, 1.165) is 6.42 Å². The van der Waals surface area contributed by atoms with Gasteiger partial charge in [-0.25, -0.2) is 8.42 Å². The number of rotatable bonds is 3. The topological polar surface area (TPSA) is 83.9 Å². The van der Waals surface area contributed by atoms with Crippen molar-refractivity contribution in [1.29, 1.82) is 0 Å². The lowest BCUT2D eigenvalue weighted by atomic mass is 10.0. The summed E-state index contributed by atoms with van der Waals surface area (Å²) in [5.74, 6) is 0.328. The first-order valence-corrected chi connectivity index (χ1v) is 8.03. The summed E-state index contributed by atoms with van der Waals surface area (Å²) in [7, 11) is -2.94. The van der Waals surface area contributed by atoms with Crippen LogP contribution in [-0.2, 0) is 19.4 Å². The summed E-state index contributed by atoms with van der Waals surface area (Å²) >= 11 is 0. The molecule has 0 aromatic rings. The molecule has 0 spiro atoms. The van der Waals surface area contributed by atoms with Gasteiger partial charge in [-0.05, 0) is 18.8 Å². The maximum Gasteiger partial charge on any atom is 0.248 e. The fraction of sp³-hybridized carbons (Fsp3) is 0.909. The number of amides is 1. The second-order valence-electron chi connectivity index (χ2n) is 5.04. The van der Waals surface area contributed by atoms with E-state index in [0.29, 0.717) is 19.5 Å². The Balaban J connectivity index is 1.93. The second-order valence-corrected chi connectivity index (χ2v) is 7.27. The standard InChI is InChI=1S/C11H19NO5S/c13-6-10-5-12(11(14)7-17-10)4-9-2-1-3-18(15,16)8-9/h9-10,13H,1-8H2. The molecule has 0 aromatic heterocycles. The Morgan fingerprint density at radius 1 is 1.44 bits per heavy atom. The second kappa shape index (κ2) is 5.54. The quantitative estimate of drug-likeness (QED) is 0.717. The molecule has 1 N–H and O–H groups in total. The maximum atomic E-state index is 11.7. The summed E-state index contributed by atoms with van der Waals surface area (Å²) in [4.78, 5) is 13.3. The molecule has 6 nitrogen and oxygen atoms in total. The van der Waals surface area contributed by atoms with E-state index >= 15 is 0 Å². The van der Waals surface area contributed by atoms with Crippen LogP contribution >= 0.6 is 0 Å². The van der Waals surface area contributed by atoms with Crippen molar-refractivity contribution in [2.75, 3.05) is 37.8 Å². The molecule has 18 heavy (non-hydrogen) atoms. The lowest BCUT2D eigenvalue weighted by Crippen LogP contribution is -2.50. The van der Waals surface area contributed by atoms with E-state index in [1.165, 1.54) is 0 Å². The minimum Gasteiger partial charge on any atom is -0.394 e. The molecule has 7 heteroatoms. The van der Waals surface area contributed by atoms with Gasteiger partial charge in [0.2, 0.25) is 5.91 Å². The fourth-order valence-electron chi connectivity index (χ4n) is 2.54. The number of hydrogen-bond donors (Lipinski definition) is 1. The largest absolute Gasteiger partial charge is 0.394 e. The highest BCUT2D eigenvalue weighted by molar-refractivity contribution is 7.91. The summed E-state index contributed by atoms with van der Waals surface area (Å²) in [6, 6.07) is 0. The first-order chi connectivity index (χ1) is 8.50. The van der Waals surface area contributed by atoms with Crippen LogP contribution < -0.4 is 0 Å². The molecule has 0 saturated carbocycles.